The van der Waals surface area contributed by atoms with Gasteiger partial charge in [0.1, 0.15) is 0 Å². The fourth-order valence-electron chi connectivity index (χ4n) is 1.89. The smallest absolute Gasteiger partial charge is 0.0454 e. The normalized spacial score (nSPS) is 13.2. The lowest BCUT2D eigenvalue weighted by molar-refractivity contribution is 0.604. The first-order chi connectivity index (χ1) is 7.31. The molecule has 2 nitrogen and oxygen atoms in total. The van der Waals surface area contributed by atoms with Crippen LogP contribution in [0, 0.1) is 0 Å². The summed E-state index contributed by atoms with van der Waals surface area (Å²) in [5.41, 5.74) is 8.56. The van der Waals surface area contributed by atoms with Gasteiger partial charge in [-0.05, 0) is 35.6 Å². The van der Waals surface area contributed by atoms with E-state index in [1.165, 1.54) is 29.3 Å². The maximum Gasteiger partial charge on any atom is 0.0454 e. The van der Waals surface area contributed by atoms with Crippen molar-refractivity contribution in [1.82, 2.24) is 4.98 Å². The van der Waals surface area contributed by atoms with Crippen molar-refractivity contribution in [3.63, 3.8) is 0 Å². The van der Waals surface area contributed by atoms with Gasteiger partial charge in [0.15, 0.2) is 0 Å². The molecule has 2 aromatic rings. The predicted octanol–water partition coefficient (Wildman–Crippen LogP) is 3.36. The van der Waals surface area contributed by atoms with E-state index in [9.17, 15) is 0 Å². The molecule has 0 spiro atoms. The number of hydrogen-bond donors (Lipinski definition) is 2. The third-order valence-electron chi connectivity index (χ3n) is 2.87. The van der Waals surface area contributed by atoms with Gasteiger partial charge in [-0.15, -0.1) is 0 Å². The van der Waals surface area contributed by atoms with Crippen LogP contribution in [-0.2, 0) is 0 Å². The molecule has 3 N–H and O–H groups in total. The SMILES string of the molecule is CCCC[C@H](N)c1ccc2[nH]ccc2c1. The molecule has 0 aliphatic rings. The van der Waals surface area contributed by atoms with Crippen LogP contribution in [0.3, 0.4) is 0 Å². The van der Waals surface area contributed by atoms with Gasteiger partial charge in [0.25, 0.3) is 0 Å². The second-order valence-electron chi connectivity index (χ2n) is 4.07. The quantitative estimate of drug-likeness (QED) is 0.784. The summed E-state index contributed by atoms with van der Waals surface area (Å²) < 4.78 is 0. The Kier molecular flexibility index (Phi) is 3.07. The van der Waals surface area contributed by atoms with E-state index in [2.05, 4.69) is 36.2 Å². The number of nitrogens with two attached hydrogens (primary N) is 1. The van der Waals surface area contributed by atoms with Crippen LogP contribution in [0.1, 0.15) is 37.8 Å². The average Bonchev–Trinajstić information content (AvgIpc) is 2.72. The Hall–Kier alpha value is -1.28. The number of hydrogen-bond acceptors (Lipinski definition) is 1. The van der Waals surface area contributed by atoms with Crippen LogP contribution in [0.4, 0.5) is 0 Å². The van der Waals surface area contributed by atoms with E-state index in [1.54, 1.807) is 0 Å². The zero-order valence-corrected chi connectivity index (χ0v) is 9.16. The predicted molar refractivity (Wildman–Crippen MR) is 64.8 cm³/mol. The van der Waals surface area contributed by atoms with Gasteiger partial charge in [-0.3, -0.25) is 0 Å². The maximum absolute atomic E-state index is 6.13. The zero-order chi connectivity index (χ0) is 10.7. The third kappa shape index (κ3) is 2.21. The molecule has 0 aliphatic carbocycles. The summed E-state index contributed by atoms with van der Waals surface area (Å²) in [5.74, 6) is 0. The van der Waals surface area contributed by atoms with Crippen molar-refractivity contribution in [2.75, 3.05) is 0 Å². The Labute approximate surface area is 90.5 Å². The summed E-state index contributed by atoms with van der Waals surface area (Å²) >= 11 is 0. The number of benzene rings is 1. The highest BCUT2D eigenvalue weighted by Crippen LogP contribution is 2.21. The van der Waals surface area contributed by atoms with E-state index in [1.807, 2.05) is 6.20 Å². The van der Waals surface area contributed by atoms with E-state index in [-0.39, 0.29) is 6.04 Å². The lowest BCUT2D eigenvalue weighted by Gasteiger charge is -2.11. The highest BCUT2D eigenvalue weighted by atomic mass is 14.7. The number of aromatic amines is 1. The molecule has 2 heteroatoms. The van der Waals surface area contributed by atoms with Crippen LogP contribution in [0.5, 0.6) is 0 Å². The molecule has 0 amide bonds. The fraction of sp³-hybridized carbons (Fsp3) is 0.385. The number of H-pyrrole nitrogens is 1. The van der Waals surface area contributed by atoms with Crippen LogP contribution >= 0.6 is 0 Å². The van der Waals surface area contributed by atoms with E-state index < -0.39 is 0 Å². The number of rotatable bonds is 4. The molecule has 0 saturated heterocycles. The molecule has 0 bridgehead atoms. The monoisotopic (exact) mass is 202 g/mol. The summed E-state index contributed by atoms with van der Waals surface area (Å²) in [6.07, 6.45) is 5.45. The Bertz CT molecular complexity index is 431. The minimum absolute atomic E-state index is 0.184. The van der Waals surface area contributed by atoms with Crippen LogP contribution in [-0.4, -0.2) is 4.98 Å². The standard InChI is InChI=1S/C13H18N2/c1-2-3-4-12(14)10-5-6-13-11(9-10)7-8-15-13/h5-9,12,15H,2-4,14H2,1H3/t12-/m0/s1. The molecule has 0 saturated carbocycles. The van der Waals surface area contributed by atoms with Crippen molar-refractivity contribution >= 4 is 10.9 Å². The number of unbranched alkanes of at least 4 members (excludes halogenated alkanes) is 1. The molecule has 0 fully saturated rings. The van der Waals surface area contributed by atoms with Crippen molar-refractivity contribution in [3.05, 3.63) is 36.0 Å². The van der Waals surface area contributed by atoms with Gasteiger partial charge in [-0.25, -0.2) is 0 Å². The van der Waals surface area contributed by atoms with Crippen molar-refractivity contribution in [2.45, 2.75) is 32.2 Å². The zero-order valence-electron chi connectivity index (χ0n) is 9.16. The van der Waals surface area contributed by atoms with E-state index in [4.69, 9.17) is 5.73 Å². The van der Waals surface area contributed by atoms with Gasteiger partial charge < -0.3 is 10.7 Å². The van der Waals surface area contributed by atoms with Crippen molar-refractivity contribution in [2.24, 2.45) is 5.73 Å². The van der Waals surface area contributed by atoms with Crippen LogP contribution < -0.4 is 5.73 Å². The molecule has 1 aromatic carbocycles. The molecule has 1 aromatic heterocycles. The minimum atomic E-state index is 0.184. The lowest BCUT2D eigenvalue weighted by atomic mass is 10.0. The minimum Gasteiger partial charge on any atom is -0.361 e. The summed E-state index contributed by atoms with van der Waals surface area (Å²) in [5, 5.41) is 1.25. The van der Waals surface area contributed by atoms with E-state index in [0.717, 1.165) is 6.42 Å². The largest absolute Gasteiger partial charge is 0.361 e. The third-order valence-corrected chi connectivity index (χ3v) is 2.87. The Morgan fingerprint density at radius 3 is 3.00 bits per heavy atom. The maximum atomic E-state index is 6.13. The molecular formula is C13H18N2. The summed E-state index contributed by atoms with van der Waals surface area (Å²) in [6.45, 7) is 2.20. The van der Waals surface area contributed by atoms with Gasteiger partial charge in [-0.2, -0.15) is 0 Å². The summed E-state index contributed by atoms with van der Waals surface area (Å²) in [4.78, 5) is 3.19. The molecule has 1 heterocycles. The van der Waals surface area contributed by atoms with Gasteiger partial charge >= 0.3 is 0 Å². The Morgan fingerprint density at radius 1 is 1.33 bits per heavy atom. The number of nitrogens with one attached hydrogen (secondary N) is 1. The van der Waals surface area contributed by atoms with Crippen LogP contribution in [0.25, 0.3) is 10.9 Å². The first-order valence-corrected chi connectivity index (χ1v) is 5.64. The van der Waals surface area contributed by atoms with Gasteiger partial charge in [-0.1, -0.05) is 25.8 Å². The van der Waals surface area contributed by atoms with Crippen molar-refractivity contribution in [3.8, 4) is 0 Å². The molecule has 80 valence electrons. The molecule has 1 atom stereocenters. The van der Waals surface area contributed by atoms with Crippen LogP contribution in [0.2, 0.25) is 0 Å². The second-order valence-corrected chi connectivity index (χ2v) is 4.07. The topological polar surface area (TPSA) is 41.8 Å². The molecular weight excluding hydrogens is 184 g/mol. The fourth-order valence-corrected chi connectivity index (χ4v) is 1.89. The Balaban J connectivity index is 2.19. The number of fused-ring (bicyclic) bond motifs is 1. The molecule has 0 unspecified atom stereocenters. The molecule has 15 heavy (non-hydrogen) atoms. The molecule has 0 aliphatic heterocycles. The van der Waals surface area contributed by atoms with E-state index >= 15 is 0 Å². The highest BCUT2D eigenvalue weighted by molar-refractivity contribution is 5.80. The van der Waals surface area contributed by atoms with Crippen LogP contribution in [0.15, 0.2) is 30.5 Å². The average molecular weight is 202 g/mol. The molecule has 0 radical (unpaired) electrons. The molecule has 2 rings (SSSR count). The van der Waals surface area contributed by atoms with Crippen molar-refractivity contribution in [1.29, 1.82) is 0 Å². The van der Waals surface area contributed by atoms with Crippen molar-refractivity contribution < 1.29 is 0 Å². The first kappa shape index (κ1) is 10.2. The van der Waals surface area contributed by atoms with E-state index in [0.29, 0.717) is 0 Å². The second kappa shape index (κ2) is 4.49. The highest BCUT2D eigenvalue weighted by Gasteiger charge is 2.05. The summed E-state index contributed by atoms with van der Waals surface area (Å²) in [6, 6.07) is 8.69. The lowest BCUT2D eigenvalue weighted by Crippen LogP contribution is -2.09. The Morgan fingerprint density at radius 2 is 2.20 bits per heavy atom. The van der Waals surface area contributed by atoms with Gasteiger partial charge in [0, 0.05) is 17.8 Å². The van der Waals surface area contributed by atoms with Gasteiger partial charge in [0.2, 0.25) is 0 Å². The number of aromatic nitrogens is 1. The first-order valence-electron chi connectivity index (χ1n) is 5.64. The summed E-state index contributed by atoms with van der Waals surface area (Å²) in [7, 11) is 0. The van der Waals surface area contributed by atoms with Gasteiger partial charge in [0.05, 0.1) is 0 Å².